The molecular weight excluding hydrogens is 663 g/mol. The van der Waals surface area contributed by atoms with Gasteiger partial charge in [-0.2, -0.15) is 13.2 Å². The highest BCUT2D eigenvalue weighted by Gasteiger charge is 2.40. The molecular formula is C27H30Cl2F3N6O6P. The Hall–Kier alpha value is -3.62. The number of esters is 1. The van der Waals surface area contributed by atoms with Crippen molar-refractivity contribution >= 4 is 54.4 Å². The SMILES string of the molecule is COC(=O)[C@H](C)NP(=O)(Oc1ccc(C(F)(F)F)cc1)N1CCC(NC(=O)C(=N)/C(=C\N)NC(=O)c2c(Cl)cccc2Cl)CC1. The molecule has 2 amide bonds. The number of hydrogen-bond acceptors (Lipinski definition) is 8. The van der Waals surface area contributed by atoms with Gasteiger partial charge >= 0.3 is 19.8 Å². The Morgan fingerprint density at radius 2 is 1.69 bits per heavy atom. The molecule has 2 atom stereocenters. The molecule has 244 valence electrons. The number of amides is 2. The Morgan fingerprint density at radius 1 is 1.11 bits per heavy atom. The lowest BCUT2D eigenvalue weighted by Gasteiger charge is -2.37. The average molecular weight is 693 g/mol. The Bertz CT molecular complexity index is 1500. The van der Waals surface area contributed by atoms with Crippen molar-refractivity contribution in [1.82, 2.24) is 20.4 Å². The van der Waals surface area contributed by atoms with Crippen LogP contribution in [-0.2, 0) is 25.1 Å². The summed E-state index contributed by atoms with van der Waals surface area (Å²) in [5.74, 6) is -2.54. The summed E-state index contributed by atoms with van der Waals surface area (Å²) >= 11 is 12.1. The summed E-state index contributed by atoms with van der Waals surface area (Å²) in [6, 6.07) is 6.38. The molecule has 0 saturated carbocycles. The Kier molecular flexibility index (Phi) is 12.0. The zero-order chi connectivity index (χ0) is 33.5. The van der Waals surface area contributed by atoms with Gasteiger partial charge in [0, 0.05) is 25.3 Å². The van der Waals surface area contributed by atoms with Crippen LogP contribution in [-0.4, -0.2) is 60.4 Å². The maximum atomic E-state index is 14.0. The van der Waals surface area contributed by atoms with Crippen molar-refractivity contribution in [2.45, 2.75) is 38.0 Å². The van der Waals surface area contributed by atoms with Gasteiger partial charge in [-0.25, -0.2) is 14.3 Å². The molecule has 1 unspecified atom stereocenters. The molecule has 0 bridgehead atoms. The maximum Gasteiger partial charge on any atom is 0.416 e. The lowest BCUT2D eigenvalue weighted by molar-refractivity contribution is -0.142. The Morgan fingerprint density at radius 3 is 2.20 bits per heavy atom. The molecule has 3 rings (SSSR count). The molecule has 12 nitrogen and oxygen atoms in total. The van der Waals surface area contributed by atoms with E-state index in [9.17, 15) is 32.1 Å². The van der Waals surface area contributed by atoms with E-state index in [0.29, 0.717) is 0 Å². The topological polar surface area (TPSA) is 176 Å². The number of nitrogens with zero attached hydrogens (tertiary/aromatic N) is 1. The molecule has 1 aliphatic rings. The Balaban J connectivity index is 1.67. The van der Waals surface area contributed by atoms with Crippen molar-refractivity contribution in [3.63, 3.8) is 0 Å². The first-order valence-corrected chi connectivity index (χ1v) is 15.6. The third-order valence-electron chi connectivity index (χ3n) is 6.60. The minimum absolute atomic E-state index is 0.0502. The zero-order valence-corrected chi connectivity index (χ0v) is 26.3. The van der Waals surface area contributed by atoms with Gasteiger partial charge in [-0.3, -0.25) is 19.8 Å². The standard InChI is InChI=1S/C27H30Cl2F3N6O6P/c1-15(26(41)43-2)37-45(42,44-18-8-6-16(7-9-18)27(30,31)32)38-12-10-17(11-13-38)35-25(40)23(34)21(14-33)36-24(39)22-19(28)4-3-5-20(22)29/h3-9,14-15,17,34H,10-13,33H2,1-2H3,(H,35,40)(H,36,39)(H,37,42)/b21-14+,34-23?/t15-,45?/m0/s1. The van der Waals surface area contributed by atoms with Gasteiger partial charge in [-0.15, -0.1) is 0 Å². The normalized spacial score (nSPS) is 16.6. The van der Waals surface area contributed by atoms with Gasteiger partial charge in [0.05, 0.1) is 34.0 Å². The molecule has 0 radical (unpaired) electrons. The number of ether oxygens (including phenoxy) is 1. The quantitative estimate of drug-likeness (QED) is 0.129. The van der Waals surface area contributed by atoms with Crippen molar-refractivity contribution < 1.29 is 41.4 Å². The van der Waals surface area contributed by atoms with Gasteiger partial charge in [0.15, 0.2) is 0 Å². The first kappa shape index (κ1) is 35.9. The number of rotatable bonds is 11. The van der Waals surface area contributed by atoms with Gasteiger partial charge in [0.1, 0.15) is 17.5 Å². The molecule has 0 spiro atoms. The van der Waals surface area contributed by atoms with E-state index in [0.717, 1.165) is 37.6 Å². The van der Waals surface area contributed by atoms with Gasteiger partial charge in [0.2, 0.25) is 0 Å². The van der Waals surface area contributed by atoms with E-state index in [1.807, 2.05) is 0 Å². The summed E-state index contributed by atoms with van der Waals surface area (Å²) in [5, 5.41) is 16.0. The van der Waals surface area contributed by atoms with E-state index in [4.69, 9.17) is 38.9 Å². The van der Waals surface area contributed by atoms with Gasteiger partial charge < -0.3 is 25.6 Å². The van der Waals surface area contributed by atoms with Gasteiger partial charge in [-0.1, -0.05) is 29.3 Å². The van der Waals surface area contributed by atoms with Crippen LogP contribution in [0.15, 0.2) is 54.4 Å². The number of benzene rings is 2. The van der Waals surface area contributed by atoms with Crippen molar-refractivity contribution in [3.8, 4) is 5.75 Å². The summed E-state index contributed by atoms with van der Waals surface area (Å²) in [7, 11) is -2.96. The van der Waals surface area contributed by atoms with E-state index >= 15 is 0 Å². The number of halogens is 5. The summed E-state index contributed by atoms with van der Waals surface area (Å²) in [6.07, 6.45) is -3.30. The predicted octanol–water partition coefficient (Wildman–Crippen LogP) is 4.48. The highest BCUT2D eigenvalue weighted by molar-refractivity contribution is 7.54. The highest BCUT2D eigenvalue weighted by Crippen LogP contribution is 2.49. The van der Waals surface area contributed by atoms with E-state index in [1.165, 1.54) is 29.8 Å². The molecule has 45 heavy (non-hydrogen) atoms. The summed E-state index contributed by atoms with van der Waals surface area (Å²) in [6.45, 7) is 1.49. The van der Waals surface area contributed by atoms with Crippen LogP contribution < -0.4 is 26.0 Å². The summed E-state index contributed by atoms with van der Waals surface area (Å²) in [4.78, 5) is 37.6. The molecule has 1 heterocycles. The highest BCUT2D eigenvalue weighted by atomic mass is 35.5. The first-order valence-electron chi connectivity index (χ1n) is 13.2. The van der Waals surface area contributed by atoms with Crippen LogP contribution in [0, 0.1) is 5.41 Å². The van der Waals surface area contributed by atoms with Crippen LogP contribution >= 0.6 is 30.9 Å². The number of hydrogen-bond donors (Lipinski definition) is 5. The number of methoxy groups -OCH3 is 1. The van der Waals surface area contributed by atoms with Crippen molar-refractivity contribution in [1.29, 1.82) is 5.41 Å². The van der Waals surface area contributed by atoms with Crippen LogP contribution in [0.2, 0.25) is 10.0 Å². The number of alkyl halides is 3. The zero-order valence-electron chi connectivity index (χ0n) is 23.9. The average Bonchev–Trinajstić information content (AvgIpc) is 2.99. The fourth-order valence-corrected chi connectivity index (χ4v) is 6.89. The Labute approximate surface area is 266 Å². The van der Waals surface area contributed by atoms with E-state index in [2.05, 4.69) is 20.5 Å². The number of piperidine rings is 1. The fourth-order valence-electron chi connectivity index (χ4n) is 4.23. The third-order valence-corrected chi connectivity index (χ3v) is 9.55. The number of carbonyl (C=O) groups is 3. The third kappa shape index (κ3) is 9.21. The lowest BCUT2D eigenvalue weighted by atomic mass is 10.1. The van der Waals surface area contributed by atoms with E-state index in [-0.39, 0.29) is 53.0 Å². The predicted molar refractivity (Wildman–Crippen MR) is 161 cm³/mol. The number of carbonyl (C=O) groups excluding carboxylic acids is 3. The second kappa shape index (κ2) is 15.1. The molecule has 1 saturated heterocycles. The monoisotopic (exact) mass is 692 g/mol. The molecule has 1 fully saturated rings. The second-order valence-electron chi connectivity index (χ2n) is 9.72. The molecule has 2 aromatic rings. The van der Waals surface area contributed by atoms with Crippen LogP contribution in [0.4, 0.5) is 13.2 Å². The summed E-state index contributed by atoms with van der Waals surface area (Å²) < 4.78 is 64.8. The van der Waals surface area contributed by atoms with Crippen molar-refractivity contribution in [2.75, 3.05) is 20.2 Å². The number of nitrogens with two attached hydrogens (primary N) is 1. The van der Waals surface area contributed by atoms with Crippen molar-refractivity contribution in [2.24, 2.45) is 5.73 Å². The fraction of sp³-hybridized carbons (Fsp3) is 0.333. The molecule has 1 aliphatic heterocycles. The van der Waals surface area contributed by atoms with Crippen LogP contribution in [0.25, 0.3) is 0 Å². The van der Waals surface area contributed by atoms with Crippen molar-refractivity contribution in [3.05, 3.63) is 75.5 Å². The maximum absolute atomic E-state index is 14.0. The molecule has 0 aromatic heterocycles. The van der Waals surface area contributed by atoms with E-state index in [1.54, 1.807) is 0 Å². The van der Waals surface area contributed by atoms with Gasteiger partial charge in [0.25, 0.3) is 11.8 Å². The smallest absolute Gasteiger partial charge is 0.416 e. The van der Waals surface area contributed by atoms with Crippen LogP contribution in [0.5, 0.6) is 5.75 Å². The minimum Gasteiger partial charge on any atom is -0.468 e. The van der Waals surface area contributed by atoms with Crippen LogP contribution in [0.1, 0.15) is 35.7 Å². The number of nitrogens with one attached hydrogen (secondary N) is 4. The molecule has 2 aromatic carbocycles. The minimum atomic E-state index is -4.59. The molecule has 0 aliphatic carbocycles. The first-order chi connectivity index (χ1) is 21.1. The lowest BCUT2D eigenvalue weighted by Crippen LogP contribution is -2.49. The molecule has 18 heteroatoms. The largest absolute Gasteiger partial charge is 0.468 e. The van der Waals surface area contributed by atoms with Gasteiger partial charge in [-0.05, 0) is 56.2 Å². The molecule has 6 N–H and O–H groups in total. The van der Waals surface area contributed by atoms with E-state index < -0.39 is 55.0 Å². The van der Waals surface area contributed by atoms with Crippen LogP contribution in [0.3, 0.4) is 0 Å². The summed E-state index contributed by atoms with van der Waals surface area (Å²) in [5.41, 5.74) is 3.61. The second-order valence-corrected chi connectivity index (χ2v) is 12.6.